The smallest absolute Gasteiger partial charge is 0.146 e. The Morgan fingerprint density at radius 3 is 2.67 bits per heavy atom. The maximum atomic E-state index is 14.0. The molecule has 0 amide bonds. The third kappa shape index (κ3) is 5.52. The van der Waals surface area contributed by atoms with Crippen LogP contribution in [0.1, 0.15) is 31.2 Å². The van der Waals surface area contributed by atoms with Crippen molar-refractivity contribution in [3.63, 3.8) is 0 Å². The second-order valence-corrected chi connectivity index (χ2v) is 10.7. The summed E-state index contributed by atoms with van der Waals surface area (Å²) in [6.07, 6.45) is 5.97. The number of fused-ring (bicyclic) bond motifs is 1. The van der Waals surface area contributed by atoms with Crippen LogP contribution in [-0.2, 0) is 9.71 Å². The van der Waals surface area contributed by atoms with Crippen molar-refractivity contribution in [1.29, 1.82) is 5.26 Å². The van der Waals surface area contributed by atoms with Crippen LogP contribution in [0.3, 0.4) is 0 Å². The van der Waals surface area contributed by atoms with Gasteiger partial charge in [0.05, 0.1) is 23.4 Å². The molecule has 1 aliphatic rings. The molecule has 1 unspecified atom stereocenters. The van der Waals surface area contributed by atoms with E-state index in [9.17, 15) is 8.60 Å². The molecule has 0 radical (unpaired) electrons. The molecule has 2 N–H and O–H groups in total. The monoisotopic (exact) mass is 467 g/mol. The zero-order valence-corrected chi connectivity index (χ0v) is 19.4. The minimum absolute atomic E-state index is 0.0641. The van der Waals surface area contributed by atoms with Crippen LogP contribution in [0.25, 0.3) is 10.9 Å². The third-order valence-corrected chi connectivity index (χ3v) is 6.28. The van der Waals surface area contributed by atoms with Gasteiger partial charge in [-0.05, 0) is 68.3 Å². The van der Waals surface area contributed by atoms with Crippen molar-refractivity contribution >= 4 is 43.7 Å². The van der Waals surface area contributed by atoms with E-state index in [1.165, 1.54) is 24.7 Å². The summed E-state index contributed by atoms with van der Waals surface area (Å²) in [6, 6.07) is 10.3. The molecule has 2 aromatic carbocycles. The van der Waals surface area contributed by atoms with Crippen LogP contribution >= 0.6 is 0 Å². The fourth-order valence-corrected chi connectivity index (χ4v) is 4.73. The lowest BCUT2D eigenvalue weighted by Crippen LogP contribution is -2.24. The number of nitriles is 1. The van der Waals surface area contributed by atoms with Gasteiger partial charge in [-0.15, -0.1) is 0 Å². The highest BCUT2D eigenvalue weighted by molar-refractivity contribution is 8.00. The first kappa shape index (κ1) is 22.8. The number of nitrogens with zero attached hydrogens (tertiary/aromatic N) is 3. The Hall–Kier alpha value is -3.38. The van der Waals surface area contributed by atoms with E-state index in [-0.39, 0.29) is 12.0 Å². The first-order chi connectivity index (χ1) is 15.7. The zero-order valence-electron chi connectivity index (χ0n) is 18.6. The Balaban J connectivity index is 1.64. The summed E-state index contributed by atoms with van der Waals surface area (Å²) < 4.78 is 35.1. The lowest BCUT2D eigenvalue weighted by molar-refractivity contribution is 0.143. The highest BCUT2D eigenvalue weighted by Crippen LogP contribution is 2.35. The van der Waals surface area contributed by atoms with Crippen molar-refractivity contribution in [2.24, 2.45) is 5.92 Å². The largest absolute Gasteiger partial charge is 0.488 e. The van der Waals surface area contributed by atoms with Gasteiger partial charge in [-0.2, -0.15) is 5.26 Å². The molecule has 9 heteroatoms. The van der Waals surface area contributed by atoms with Crippen molar-refractivity contribution in [2.45, 2.75) is 38.7 Å². The summed E-state index contributed by atoms with van der Waals surface area (Å²) in [5, 5.41) is 13.2. The average molecular weight is 468 g/mol. The molecule has 1 aromatic heterocycles. The van der Waals surface area contributed by atoms with Crippen molar-refractivity contribution < 1.29 is 13.3 Å². The second kappa shape index (κ2) is 9.24. The predicted octanol–water partition coefficient (Wildman–Crippen LogP) is 4.96. The topological polar surface area (TPSA) is 99.9 Å². The molecule has 33 heavy (non-hydrogen) atoms. The molecule has 0 spiro atoms. The highest BCUT2D eigenvalue weighted by Gasteiger charge is 2.23. The van der Waals surface area contributed by atoms with Gasteiger partial charge >= 0.3 is 0 Å². The number of ether oxygens (including phenoxy) is 1. The molecule has 0 aliphatic heterocycles. The van der Waals surface area contributed by atoms with Gasteiger partial charge in [0.1, 0.15) is 23.7 Å². The maximum Gasteiger partial charge on any atom is 0.146 e. The van der Waals surface area contributed by atoms with Gasteiger partial charge in [0.15, 0.2) is 0 Å². The molecule has 1 atom stereocenters. The molecule has 1 aliphatic carbocycles. The third-order valence-electron chi connectivity index (χ3n) is 5.62. The van der Waals surface area contributed by atoms with Crippen LogP contribution < -0.4 is 14.8 Å². The molecule has 172 valence electrons. The highest BCUT2D eigenvalue weighted by atomic mass is 32.2. The van der Waals surface area contributed by atoms with E-state index in [2.05, 4.69) is 31.9 Å². The van der Waals surface area contributed by atoms with E-state index in [4.69, 9.17) is 10.00 Å². The number of nitrogens with one attached hydrogen (secondary N) is 2. The molecule has 0 bridgehead atoms. The standard InChI is InChI=1S/C24H26FN5O2S/c1-15-10-18(30-33(2,3)31)12-21-23(15)24(28-14-27-21)29-20-9-6-17(25)11-22(20)32-19-7-4-16(13-26)5-8-19/h6,9-12,14,16,19H,2,4-5,7-8H2,1,3H3,(H,30,31)(H,27,28,29). The second-order valence-electron chi connectivity index (χ2n) is 8.50. The summed E-state index contributed by atoms with van der Waals surface area (Å²) in [5.41, 5.74) is 2.79. The fraction of sp³-hybridized carbons (Fsp3) is 0.333. The van der Waals surface area contributed by atoms with Crippen LogP contribution in [0.5, 0.6) is 5.75 Å². The molecule has 4 rings (SSSR count). The molecule has 1 fully saturated rings. The summed E-state index contributed by atoms with van der Waals surface area (Å²) >= 11 is 0. The molecule has 7 nitrogen and oxygen atoms in total. The van der Waals surface area contributed by atoms with E-state index < -0.39 is 15.5 Å². The first-order valence-corrected chi connectivity index (χ1v) is 12.8. The number of anilines is 3. The molecule has 3 aromatic rings. The lowest BCUT2D eigenvalue weighted by atomic mass is 9.88. The number of benzene rings is 2. The summed E-state index contributed by atoms with van der Waals surface area (Å²) in [6.45, 7) is 1.92. The van der Waals surface area contributed by atoms with Gasteiger partial charge < -0.3 is 14.8 Å². The van der Waals surface area contributed by atoms with E-state index >= 15 is 0 Å². The maximum absolute atomic E-state index is 14.0. The van der Waals surface area contributed by atoms with Crippen LogP contribution in [0.4, 0.5) is 21.6 Å². The number of hydrogen-bond acceptors (Lipinski definition) is 6. The first-order valence-electron chi connectivity index (χ1n) is 10.7. The van der Waals surface area contributed by atoms with E-state index in [0.717, 1.165) is 36.6 Å². The number of halogens is 1. The van der Waals surface area contributed by atoms with E-state index in [1.807, 2.05) is 13.0 Å². The van der Waals surface area contributed by atoms with Crippen LogP contribution in [0.15, 0.2) is 36.7 Å². The van der Waals surface area contributed by atoms with Crippen LogP contribution in [0.2, 0.25) is 0 Å². The van der Waals surface area contributed by atoms with E-state index in [1.54, 1.807) is 12.1 Å². The van der Waals surface area contributed by atoms with Crippen molar-refractivity contribution in [1.82, 2.24) is 9.97 Å². The molecule has 1 heterocycles. The lowest BCUT2D eigenvalue weighted by Gasteiger charge is -2.26. The average Bonchev–Trinajstić information content (AvgIpc) is 2.75. The Morgan fingerprint density at radius 2 is 1.97 bits per heavy atom. The molecular formula is C24H26FN5O2S. The predicted molar refractivity (Wildman–Crippen MR) is 131 cm³/mol. The zero-order chi connectivity index (χ0) is 23.6. The minimum Gasteiger partial charge on any atom is -0.488 e. The summed E-state index contributed by atoms with van der Waals surface area (Å²) in [5.74, 6) is 4.27. The van der Waals surface area contributed by atoms with Crippen LogP contribution in [0, 0.1) is 30.0 Å². The van der Waals surface area contributed by atoms with Gasteiger partial charge in [-0.1, -0.05) is 0 Å². The number of rotatable bonds is 6. The Morgan fingerprint density at radius 1 is 1.21 bits per heavy atom. The van der Waals surface area contributed by atoms with Crippen molar-refractivity contribution in [3.8, 4) is 11.8 Å². The molecule has 0 saturated heterocycles. The minimum atomic E-state index is -2.43. The van der Waals surface area contributed by atoms with Gasteiger partial charge in [-0.3, -0.25) is 0 Å². The van der Waals surface area contributed by atoms with Gasteiger partial charge in [0.25, 0.3) is 0 Å². The summed E-state index contributed by atoms with van der Waals surface area (Å²) in [4.78, 5) is 8.76. The van der Waals surface area contributed by atoms with Crippen molar-refractivity contribution in [3.05, 3.63) is 48.0 Å². The van der Waals surface area contributed by atoms with Crippen LogP contribution in [-0.4, -0.2) is 32.4 Å². The summed E-state index contributed by atoms with van der Waals surface area (Å²) in [7, 11) is -2.43. The molecule has 1 saturated carbocycles. The SMILES string of the molecule is C=S(C)(=O)Nc1cc(C)c2c(Nc3ccc(F)cc3OC3CCC(C#N)CC3)ncnc2c1. The van der Waals surface area contributed by atoms with Gasteiger partial charge in [0, 0.05) is 39.0 Å². The van der Waals surface area contributed by atoms with E-state index in [0.29, 0.717) is 28.5 Å². The Labute approximate surface area is 193 Å². The number of hydrogen-bond donors (Lipinski definition) is 2. The fourth-order valence-electron chi connectivity index (χ4n) is 4.11. The normalized spacial score (nSPS) is 19.9. The quantitative estimate of drug-likeness (QED) is 0.497. The van der Waals surface area contributed by atoms with Gasteiger partial charge in [-0.25, -0.2) is 18.6 Å². The van der Waals surface area contributed by atoms with Gasteiger partial charge in [0.2, 0.25) is 0 Å². The Kier molecular flexibility index (Phi) is 6.38. The number of aromatic nitrogens is 2. The molecular weight excluding hydrogens is 441 g/mol. The number of aryl methyl sites for hydroxylation is 1. The Bertz CT molecular complexity index is 1330. The van der Waals surface area contributed by atoms with Crippen molar-refractivity contribution in [2.75, 3.05) is 16.3 Å².